The summed E-state index contributed by atoms with van der Waals surface area (Å²) in [6, 6.07) is 0. The van der Waals surface area contributed by atoms with Crippen LogP contribution in [-0.4, -0.2) is 182 Å². The molecule has 0 amide bonds. The van der Waals surface area contributed by atoms with E-state index in [1.165, 1.54) is 22.5 Å². The Kier molecular flexibility index (Phi) is 15.3. The molecule has 2 bridgehead atoms. The number of hydrogen-bond acceptors (Lipinski definition) is 29. The summed E-state index contributed by atoms with van der Waals surface area (Å²) in [5, 5.41) is 33.1. The molecule has 17 atom stereocenters. The van der Waals surface area contributed by atoms with Crippen LogP contribution in [0.1, 0.15) is 25.1 Å². The van der Waals surface area contributed by atoms with Crippen molar-refractivity contribution in [3.05, 3.63) is 46.0 Å². The highest BCUT2D eigenvalue weighted by molar-refractivity contribution is 7.66. The van der Waals surface area contributed by atoms with Gasteiger partial charge in [-0.05, 0) is 0 Å². The summed E-state index contributed by atoms with van der Waals surface area (Å²) in [5.41, 5.74) is 12.8. The zero-order chi connectivity index (χ0) is 57.8. The number of aromatic nitrogens is 12. The van der Waals surface area contributed by atoms with Crippen LogP contribution in [0.15, 0.2) is 34.9 Å². The number of aromatic amines is 2. The molecule has 438 valence electrons. The number of halogens is 2. The first-order valence-corrected chi connectivity index (χ1v) is 28.8. The van der Waals surface area contributed by atoms with Crippen molar-refractivity contribution in [3.8, 4) is 0 Å². The van der Waals surface area contributed by atoms with E-state index in [0.29, 0.717) is 0 Å². The SMILES string of the molecule is CO[C@H]1C(OP(=O)(O)OC[C@H]2O[C@@H](n3cnc4c(=O)[nH]c(N)nc43)[C@@H](O)C2O)[C@@H](COP(=O)(O)OP(=O)(O)OP(=O)(O)OC[C@]23O[C@@H]([n+]4cn(C)c5c(=O)[nH]c(N)nc54)C(O[C@H]2CC(F)F)[C@H]3O)O[C@H]1n1cnc2c(N)ncnc21. The molecule has 0 saturated carbocycles. The van der Waals surface area contributed by atoms with Crippen molar-refractivity contribution < 1.29 is 117 Å². The van der Waals surface area contributed by atoms with Crippen LogP contribution in [0.3, 0.4) is 0 Å². The van der Waals surface area contributed by atoms with Gasteiger partial charge < -0.3 is 75.8 Å². The molecule has 80 heavy (non-hydrogen) atoms. The fourth-order valence-electron chi connectivity index (χ4n) is 9.56. The first-order chi connectivity index (χ1) is 37.5. The molecule has 4 fully saturated rings. The van der Waals surface area contributed by atoms with Gasteiger partial charge in [0, 0.05) is 13.5 Å². The third-order valence-electron chi connectivity index (χ3n) is 13.0. The number of H-pyrrole nitrogens is 2. The van der Waals surface area contributed by atoms with Gasteiger partial charge in [-0.15, -0.1) is 0 Å². The predicted molar refractivity (Wildman–Crippen MR) is 251 cm³/mol. The molecule has 4 saturated heterocycles. The number of anilines is 3. The average Bonchev–Trinajstić information content (AvgIpc) is 4.30. The second-order valence-electron chi connectivity index (χ2n) is 18.0. The van der Waals surface area contributed by atoms with E-state index in [-0.39, 0.29) is 51.2 Å². The van der Waals surface area contributed by atoms with Crippen LogP contribution in [0, 0.1) is 0 Å². The van der Waals surface area contributed by atoms with Crippen molar-refractivity contribution in [2.45, 2.75) is 92.1 Å². The van der Waals surface area contributed by atoms with Crippen LogP contribution in [0.4, 0.5) is 26.5 Å². The Morgan fingerprint density at radius 1 is 0.775 bits per heavy atom. The zero-order valence-corrected chi connectivity index (χ0v) is 44.0. The Hall–Kier alpha value is -5.29. The number of nitrogens with two attached hydrogens (primary N) is 3. The summed E-state index contributed by atoms with van der Waals surface area (Å²) < 4.78 is 144. The smallest absolute Gasteiger partial charge is 0.387 e. The second-order valence-corrected chi connectivity index (χ2v) is 24.1. The zero-order valence-electron chi connectivity index (χ0n) is 40.5. The number of phosphoric acid groups is 4. The predicted octanol–water partition coefficient (Wildman–Crippen LogP) is -3.28. The Morgan fingerprint density at radius 3 is 2.10 bits per heavy atom. The maximum Gasteiger partial charge on any atom is 0.490 e. The molecule has 4 aliphatic rings. The summed E-state index contributed by atoms with van der Waals surface area (Å²) in [6.07, 6.45) is -20.3. The molecule has 0 spiro atoms. The minimum absolute atomic E-state index is 0.0187. The lowest BCUT2D eigenvalue weighted by molar-refractivity contribution is -0.753. The molecule has 6 aromatic rings. The number of nitrogens with one attached hydrogen (secondary N) is 2. The number of fused-ring (bicyclic) bond motifs is 5. The van der Waals surface area contributed by atoms with Crippen LogP contribution < -0.4 is 32.9 Å². The monoisotopic (exact) mass is 1220 g/mol. The van der Waals surface area contributed by atoms with E-state index in [1.807, 2.05) is 0 Å². The van der Waals surface area contributed by atoms with Crippen molar-refractivity contribution in [3.63, 3.8) is 0 Å². The molecule has 39 nitrogen and oxygen atoms in total. The van der Waals surface area contributed by atoms with E-state index in [0.717, 1.165) is 35.2 Å². The summed E-state index contributed by atoms with van der Waals surface area (Å²) in [6.45, 7) is -3.74. The first-order valence-electron chi connectivity index (χ1n) is 22.8. The van der Waals surface area contributed by atoms with Crippen molar-refractivity contribution in [1.82, 2.24) is 53.6 Å². The summed E-state index contributed by atoms with van der Waals surface area (Å²) in [5.74, 6) is -0.790. The lowest BCUT2D eigenvalue weighted by Gasteiger charge is -2.36. The minimum atomic E-state index is -6.35. The fourth-order valence-corrected chi connectivity index (χ4v) is 14.1. The molecule has 15 N–H and O–H groups in total. The highest BCUT2D eigenvalue weighted by Gasteiger charge is 2.69. The normalized spacial score (nSPS) is 31.8. The van der Waals surface area contributed by atoms with Crippen molar-refractivity contribution in [1.29, 1.82) is 0 Å². The van der Waals surface area contributed by atoms with E-state index in [2.05, 4.69) is 48.5 Å². The number of methoxy groups -OCH3 is 1. The van der Waals surface area contributed by atoms with Crippen LogP contribution in [0.25, 0.3) is 33.5 Å². The molecule has 7 unspecified atom stereocenters. The van der Waals surface area contributed by atoms with Gasteiger partial charge in [0.15, 0.2) is 47.0 Å². The number of nitrogens with zero attached hydrogens (tertiary/aromatic N) is 10. The molecule has 0 aromatic carbocycles. The molecular formula is C35H46F2N15O24P4+. The number of nitrogen functional groups attached to an aromatic ring is 3. The van der Waals surface area contributed by atoms with E-state index in [4.69, 9.17) is 59.0 Å². The summed E-state index contributed by atoms with van der Waals surface area (Å²) >= 11 is 0. The molecule has 0 aliphatic carbocycles. The fraction of sp³-hybridized carbons (Fsp3) is 0.571. The second kappa shape index (κ2) is 21.2. The van der Waals surface area contributed by atoms with Crippen molar-refractivity contribution >= 4 is 82.5 Å². The Labute approximate surface area is 441 Å². The van der Waals surface area contributed by atoms with Crippen LogP contribution in [0.2, 0.25) is 0 Å². The van der Waals surface area contributed by atoms with Crippen LogP contribution in [0.5, 0.6) is 0 Å². The number of alkyl halides is 2. The third-order valence-corrected chi connectivity index (χ3v) is 18.2. The number of rotatable bonds is 21. The van der Waals surface area contributed by atoms with Crippen LogP contribution in [-0.2, 0) is 75.7 Å². The molecular weight excluding hydrogens is 1180 g/mol. The first kappa shape index (κ1) is 57.9. The third kappa shape index (κ3) is 10.8. The molecule has 0 radical (unpaired) electrons. The minimum Gasteiger partial charge on any atom is -0.387 e. The van der Waals surface area contributed by atoms with Gasteiger partial charge >= 0.3 is 36.9 Å². The number of aryl methyl sites for hydroxylation is 1. The maximum absolute atomic E-state index is 13.8. The Bertz CT molecular complexity index is 3690. The van der Waals surface area contributed by atoms with Crippen molar-refractivity contribution in [2.75, 3.05) is 44.1 Å². The van der Waals surface area contributed by atoms with Gasteiger partial charge in [-0.3, -0.25) is 51.4 Å². The molecule has 45 heteroatoms. The lowest BCUT2D eigenvalue weighted by atomic mass is 9.92. The van der Waals surface area contributed by atoms with Crippen LogP contribution >= 0.6 is 31.3 Å². The number of aliphatic hydroxyl groups excluding tert-OH is 3. The molecule has 6 aromatic heterocycles. The summed E-state index contributed by atoms with van der Waals surface area (Å²) in [7, 11) is -21.5. The quantitative estimate of drug-likeness (QED) is 0.0248. The summed E-state index contributed by atoms with van der Waals surface area (Å²) in [4.78, 5) is 96.5. The Morgan fingerprint density at radius 2 is 1.40 bits per heavy atom. The van der Waals surface area contributed by atoms with Gasteiger partial charge in [-0.2, -0.15) is 13.6 Å². The van der Waals surface area contributed by atoms with Gasteiger partial charge in [0.2, 0.25) is 24.1 Å². The van der Waals surface area contributed by atoms with Gasteiger partial charge in [-0.1, -0.05) is 4.98 Å². The lowest BCUT2D eigenvalue weighted by Crippen LogP contribution is -2.54. The number of imidazole rings is 3. The standard InChI is InChI=1S/C35H45F2N15O24P4/c1-49-10-52(27-17(49)29(57)48-34(40)46-27)32-22-23(55)35(73-32,13(72-22)3-14(36)37)6-69-79(62,63)76-80(64,65)75-78(60,61)68-5-12-20(21(66-2)31(71-12)50-8-43-15-24(38)41-7-42-25(15)50)74-77(58,59)67-4-11-18(53)19(54)30(70-11)51-9-44-16-26(51)45-33(39)47-28(16)56/h7-14,18-23,30-32,53-55H,3-6H2,1-2H3,(H11-,38,39,40,41,42,45,46,47,48,56,57,58,59,60,61,62,63,64,65)/p+1/t11-,12-,13+,18?,19+,20?,21+,22?,23-,30-,31-,32-,35+/m1/s1. The molecule has 10 rings (SSSR count). The largest absolute Gasteiger partial charge is 0.490 e. The number of aliphatic hydroxyl groups is 3. The van der Waals surface area contributed by atoms with Crippen molar-refractivity contribution in [2.24, 2.45) is 7.05 Å². The van der Waals surface area contributed by atoms with Gasteiger partial charge in [0.25, 0.3) is 17.1 Å². The van der Waals surface area contributed by atoms with Gasteiger partial charge in [0.05, 0.1) is 45.6 Å². The van der Waals surface area contributed by atoms with Gasteiger partial charge in [0.1, 0.15) is 60.7 Å². The number of ether oxygens (including phenoxy) is 5. The molecule has 4 aliphatic heterocycles. The highest BCUT2D eigenvalue weighted by Crippen LogP contribution is 2.68. The van der Waals surface area contributed by atoms with E-state index < -0.39 is 154 Å². The Balaban J connectivity index is 0.826. The molecule has 10 heterocycles. The number of phosphoric ester groups is 3. The average molecular weight is 1220 g/mol. The van der Waals surface area contributed by atoms with E-state index >= 15 is 0 Å². The van der Waals surface area contributed by atoms with E-state index in [9.17, 15) is 71.5 Å². The number of hydrogen-bond donors (Lipinski definition) is 12. The topological polar surface area (TPSA) is 551 Å². The van der Waals surface area contributed by atoms with Gasteiger partial charge in [-0.25, -0.2) is 51.5 Å². The maximum atomic E-state index is 13.8. The van der Waals surface area contributed by atoms with E-state index in [1.54, 1.807) is 0 Å². The highest BCUT2D eigenvalue weighted by atomic mass is 31.3.